The molecule has 1 aromatic carbocycles. The molecule has 10 nitrogen and oxygen atoms in total. The Labute approximate surface area is 212 Å². The first-order valence-corrected chi connectivity index (χ1v) is 11.0. The number of nitrogens with zero attached hydrogens (tertiary/aromatic N) is 2. The number of amidine groups is 1. The highest BCUT2D eigenvalue weighted by molar-refractivity contribution is 6.25. The maximum atomic E-state index is 12.7. The number of anilines is 3. The zero-order valence-electron chi connectivity index (χ0n) is 20.5. The highest BCUT2D eigenvalue weighted by Gasteiger charge is 2.38. The lowest BCUT2D eigenvalue weighted by molar-refractivity contribution is -0.113. The first-order chi connectivity index (χ1) is 17.4. The molecule has 3 amide bonds. The number of nitrogen functional groups attached to an aromatic ring is 1. The zero-order valence-corrected chi connectivity index (χ0v) is 20.5. The van der Waals surface area contributed by atoms with E-state index in [1.807, 2.05) is 0 Å². The number of halogens is 3. The molecule has 0 spiro atoms. The van der Waals surface area contributed by atoms with Gasteiger partial charge in [-0.2, -0.15) is 18.2 Å². The van der Waals surface area contributed by atoms with Crippen LogP contribution in [0.15, 0.2) is 53.0 Å². The Kier molecular flexibility index (Phi) is 11.6. The molecule has 2 aromatic rings. The number of hydrogen-bond donors (Lipinski definition) is 6. The minimum absolute atomic E-state index is 0.0339. The fraction of sp³-hybridized carbons (Fsp3) is 0.250. The number of allylic oxidation sites excluding steroid dienone is 1. The molecule has 2 rings (SSSR count). The number of benzene rings is 1. The number of alkyl halides is 3. The molecule has 0 aliphatic heterocycles. The van der Waals surface area contributed by atoms with Gasteiger partial charge in [-0.05, 0) is 37.3 Å². The number of unbranched alkanes of at least 4 members (excludes halogenated alkanes) is 1. The lowest BCUT2D eigenvalue weighted by Gasteiger charge is -2.12. The normalized spacial score (nSPS) is 11.6. The predicted octanol–water partition coefficient (Wildman–Crippen LogP) is 4.87. The SMILES string of the molecule is C/C=C(\C(=N)C(F)(F)F)C(=O)Nc1cccc(/C(N)=N/C(=O)Nc2ccc(N)c(C=N)c2)n1.CCCC. The number of aliphatic imine (C=N–C) groups is 1. The van der Waals surface area contributed by atoms with Crippen molar-refractivity contribution in [3.05, 3.63) is 59.3 Å². The minimum Gasteiger partial charge on any atom is -0.398 e. The number of rotatable bonds is 7. The van der Waals surface area contributed by atoms with E-state index in [4.69, 9.17) is 22.3 Å². The highest BCUT2D eigenvalue weighted by atomic mass is 19.4. The Morgan fingerprint density at radius 1 is 1.14 bits per heavy atom. The summed E-state index contributed by atoms with van der Waals surface area (Å²) in [5, 5.41) is 19.0. The van der Waals surface area contributed by atoms with Gasteiger partial charge in [0, 0.05) is 23.2 Å². The van der Waals surface area contributed by atoms with Crippen molar-refractivity contribution in [1.82, 2.24) is 4.98 Å². The Bertz CT molecular complexity index is 1200. The van der Waals surface area contributed by atoms with Gasteiger partial charge in [-0.1, -0.05) is 38.8 Å². The summed E-state index contributed by atoms with van der Waals surface area (Å²) in [5.41, 5.74) is 9.79. The Morgan fingerprint density at radius 2 is 1.78 bits per heavy atom. The molecule has 0 saturated heterocycles. The molecule has 13 heteroatoms. The zero-order chi connectivity index (χ0) is 28.2. The average Bonchev–Trinajstić information content (AvgIpc) is 2.85. The summed E-state index contributed by atoms with van der Waals surface area (Å²) in [6, 6.07) is 7.63. The summed E-state index contributed by atoms with van der Waals surface area (Å²) in [4.78, 5) is 31.9. The van der Waals surface area contributed by atoms with E-state index < -0.39 is 29.4 Å². The summed E-state index contributed by atoms with van der Waals surface area (Å²) in [6.45, 7) is 5.55. The third-order valence-electron chi connectivity index (χ3n) is 4.55. The van der Waals surface area contributed by atoms with Crippen molar-refractivity contribution in [2.75, 3.05) is 16.4 Å². The Morgan fingerprint density at radius 3 is 2.32 bits per heavy atom. The lowest BCUT2D eigenvalue weighted by atomic mass is 10.1. The van der Waals surface area contributed by atoms with Crippen LogP contribution in [0.1, 0.15) is 44.9 Å². The molecule has 0 unspecified atom stereocenters. The molecule has 198 valence electrons. The van der Waals surface area contributed by atoms with Crippen molar-refractivity contribution >= 4 is 46.9 Å². The Balaban J connectivity index is 0.00000159. The number of urea groups is 1. The van der Waals surface area contributed by atoms with Crippen molar-refractivity contribution in [1.29, 1.82) is 10.8 Å². The van der Waals surface area contributed by atoms with Crippen LogP contribution >= 0.6 is 0 Å². The van der Waals surface area contributed by atoms with E-state index in [0.717, 1.165) is 12.3 Å². The molecule has 8 N–H and O–H groups in total. The standard InChI is InChI=1S/C20H19F3N8O2.C4H10/c1-2-12(16(26)20(21,22)23)18(32)30-15-5-3-4-14(29-15)17(27)31-19(33)28-11-6-7-13(25)10(8-11)9-24;1-3-4-2/h2-9,24,26H,25H2,1H3,(H,29,30,32)(H3,27,28,31,33);3-4H2,1-2H3/b12-2+,24-9?,26-16?;. The third kappa shape index (κ3) is 9.55. The van der Waals surface area contributed by atoms with Gasteiger partial charge in [0.25, 0.3) is 5.91 Å². The molecule has 0 aliphatic rings. The first-order valence-electron chi connectivity index (χ1n) is 11.0. The van der Waals surface area contributed by atoms with Crippen LogP contribution in [0.5, 0.6) is 0 Å². The molecule has 1 heterocycles. The van der Waals surface area contributed by atoms with E-state index in [1.54, 1.807) is 0 Å². The smallest absolute Gasteiger partial charge is 0.398 e. The fourth-order valence-electron chi connectivity index (χ4n) is 2.47. The van der Waals surface area contributed by atoms with E-state index in [1.165, 1.54) is 56.2 Å². The van der Waals surface area contributed by atoms with Crippen LogP contribution in [-0.2, 0) is 4.79 Å². The molecular formula is C24H29F3N8O2. The van der Waals surface area contributed by atoms with Crippen molar-refractivity contribution in [2.45, 2.75) is 39.8 Å². The summed E-state index contributed by atoms with van der Waals surface area (Å²) >= 11 is 0. The molecule has 0 aliphatic carbocycles. The van der Waals surface area contributed by atoms with Crippen molar-refractivity contribution in [3.63, 3.8) is 0 Å². The second-order valence-electron chi connectivity index (χ2n) is 7.35. The lowest BCUT2D eigenvalue weighted by Crippen LogP contribution is -2.30. The number of carbonyl (C=O) groups is 2. The maximum absolute atomic E-state index is 12.7. The molecule has 0 radical (unpaired) electrons. The van der Waals surface area contributed by atoms with Crippen molar-refractivity contribution in [2.24, 2.45) is 10.7 Å². The number of hydrogen-bond acceptors (Lipinski definition) is 6. The van der Waals surface area contributed by atoms with Gasteiger partial charge < -0.3 is 27.5 Å². The number of nitrogens with one attached hydrogen (secondary N) is 4. The van der Waals surface area contributed by atoms with Crippen LogP contribution in [0.3, 0.4) is 0 Å². The van der Waals surface area contributed by atoms with Gasteiger partial charge in [-0.3, -0.25) is 10.2 Å². The Hall–Kier alpha value is -4.55. The second-order valence-corrected chi connectivity index (χ2v) is 7.35. The number of carbonyl (C=O) groups excluding carboxylic acids is 2. The monoisotopic (exact) mass is 518 g/mol. The van der Waals surface area contributed by atoms with Crippen LogP contribution < -0.4 is 22.1 Å². The molecule has 0 fully saturated rings. The molecular weight excluding hydrogens is 489 g/mol. The van der Waals surface area contributed by atoms with Gasteiger partial charge in [0.05, 0.1) is 5.57 Å². The van der Waals surface area contributed by atoms with Crippen molar-refractivity contribution < 1.29 is 22.8 Å². The van der Waals surface area contributed by atoms with E-state index in [2.05, 4.69) is 34.5 Å². The number of pyridine rings is 1. The summed E-state index contributed by atoms with van der Waals surface area (Å²) in [7, 11) is 0. The number of amides is 3. The molecule has 0 bridgehead atoms. The third-order valence-corrected chi connectivity index (χ3v) is 4.55. The summed E-state index contributed by atoms with van der Waals surface area (Å²) in [5.74, 6) is -1.69. The van der Waals surface area contributed by atoms with Crippen LogP contribution in [0.4, 0.5) is 35.2 Å². The fourth-order valence-corrected chi connectivity index (χ4v) is 2.47. The molecule has 0 atom stereocenters. The summed E-state index contributed by atoms with van der Waals surface area (Å²) < 4.78 is 38.2. The second kappa shape index (κ2) is 14.1. The van der Waals surface area contributed by atoms with Gasteiger partial charge in [-0.25, -0.2) is 9.78 Å². The van der Waals surface area contributed by atoms with E-state index >= 15 is 0 Å². The molecule has 1 aromatic heterocycles. The van der Waals surface area contributed by atoms with Gasteiger partial charge in [0.1, 0.15) is 17.2 Å². The van der Waals surface area contributed by atoms with Gasteiger partial charge in [-0.15, -0.1) is 0 Å². The van der Waals surface area contributed by atoms with Crippen LogP contribution in [-0.4, -0.2) is 40.9 Å². The van der Waals surface area contributed by atoms with Crippen molar-refractivity contribution in [3.8, 4) is 0 Å². The predicted molar refractivity (Wildman–Crippen MR) is 139 cm³/mol. The minimum atomic E-state index is -5.00. The number of nitrogens with two attached hydrogens (primary N) is 2. The largest absolute Gasteiger partial charge is 0.433 e. The van der Waals surface area contributed by atoms with E-state index in [0.29, 0.717) is 16.9 Å². The molecule has 37 heavy (non-hydrogen) atoms. The van der Waals surface area contributed by atoms with Crippen LogP contribution in [0.2, 0.25) is 0 Å². The van der Waals surface area contributed by atoms with Gasteiger partial charge in [0.15, 0.2) is 5.84 Å². The molecule has 0 saturated carbocycles. The van der Waals surface area contributed by atoms with E-state index in [9.17, 15) is 22.8 Å². The van der Waals surface area contributed by atoms with Gasteiger partial charge >= 0.3 is 12.2 Å². The van der Waals surface area contributed by atoms with Crippen LogP contribution in [0.25, 0.3) is 0 Å². The maximum Gasteiger partial charge on any atom is 0.433 e. The topological polar surface area (TPSA) is 183 Å². The first kappa shape index (κ1) is 30.5. The highest BCUT2D eigenvalue weighted by Crippen LogP contribution is 2.22. The number of aromatic nitrogens is 1. The quantitative estimate of drug-likeness (QED) is 0.132. The van der Waals surface area contributed by atoms with Crippen LogP contribution in [0, 0.1) is 10.8 Å². The van der Waals surface area contributed by atoms with E-state index in [-0.39, 0.29) is 17.3 Å². The van der Waals surface area contributed by atoms with Gasteiger partial charge in [0.2, 0.25) is 0 Å². The average molecular weight is 519 g/mol. The summed E-state index contributed by atoms with van der Waals surface area (Å²) in [6.07, 6.45) is -0.485.